The summed E-state index contributed by atoms with van der Waals surface area (Å²) >= 11 is 6.21. The van der Waals surface area contributed by atoms with Crippen molar-refractivity contribution in [1.29, 1.82) is 0 Å². The van der Waals surface area contributed by atoms with Crippen molar-refractivity contribution in [1.82, 2.24) is 5.32 Å². The molecule has 142 valence electrons. The van der Waals surface area contributed by atoms with Gasteiger partial charge in [0.1, 0.15) is 5.75 Å². The third kappa shape index (κ3) is 4.25. The summed E-state index contributed by atoms with van der Waals surface area (Å²) in [5, 5.41) is 3.14. The van der Waals surface area contributed by atoms with Gasteiger partial charge in [-0.05, 0) is 18.2 Å². The van der Waals surface area contributed by atoms with E-state index in [0.717, 1.165) is 11.3 Å². The average molecular weight is 391 g/mol. The molecular formula is C19H19ClN2O5. The quantitative estimate of drug-likeness (QED) is 0.789. The van der Waals surface area contributed by atoms with Crippen LogP contribution in [0.5, 0.6) is 17.2 Å². The predicted octanol–water partition coefficient (Wildman–Crippen LogP) is 2.47. The number of hydrogen-bond donors (Lipinski definition) is 2. The lowest BCUT2D eigenvalue weighted by Gasteiger charge is -2.26. The largest absolute Gasteiger partial charge is 0.493 e. The number of nitrogens with one attached hydrogen (secondary N) is 1. The van der Waals surface area contributed by atoms with Crippen LogP contribution in [0.4, 0.5) is 0 Å². The molecule has 7 nitrogen and oxygen atoms in total. The van der Waals surface area contributed by atoms with E-state index in [0.29, 0.717) is 18.6 Å². The summed E-state index contributed by atoms with van der Waals surface area (Å²) in [6, 6.07) is 10.4. The van der Waals surface area contributed by atoms with Gasteiger partial charge < -0.3 is 25.3 Å². The Morgan fingerprint density at radius 2 is 2.11 bits per heavy atom. The molecule has 3 N–H and O–H groups in total. The van der Waals surface area contributed by atoms with Crippen molar-refractivity contribution in [2.45, 2.75) is 12.5 Å². The number of para-hydroxylation sites is 1. The molecule has 0 aliphatic carbocycles. The summed E-state index contributed by atoms with van der Waals surface area (Å²) in [7, 11) is 1.42. The summed E-state index contributed by atoms with van der Waals surface area (Å²) in [6.45, 7) is 0.173. The van der Waals surface area contributed by atoms with Gasteiger partial charge in [-0.15, -0.1) is 0 Å². The smallest absolute Gasteiger partial charge is 0.255 e. The van der Waals surface area contributed by atoms with E-state index >= 15 is 0 Å². The third-order valence-corrected chi connectivity index (χ3v) is 4.39. The molecule has 2 aromatic carbocycles. The number of hydrogen-bond acceptors (Lipinski definition) is 5. The molecule has 0 saturated heterocycles. The van der Waals surface area contributed by atoms with E-state index in [1.54, 1.807) is 0 Å². The number of methoxy groups -OCH3 is 1. The molecule has 0 aromatic heterocycles. The van der Waals surface area contributed by atoms with Crippen molar-refractivity contribution in [2.24, 2.45) is 5.73 Å². The Hall–Kier alpha value is -2.93. The first kappa shape index (κ1) is 18.8. The van der Waals surface area contributed by atoms with E-state index in [9.17, 15) is 9.59 Å². The molecule has 0 radical (unpaired) electrons. The second-order valence-electron chi connectivity index (χ2n) is 5.95. The summed E-state index contributed by atoms with van der Waals surface area (Å²) in [4.78, 5) is 23.7. The zero-order chi connectivity index (χ0) is 19.4. The van der Waals surface area contributed by atoms with E-state index in [4.69, 9.17) is 31.5 Å². The highest BCUT2D eigenvalue weighted by molar-refractivity contribution is 6.32. The Labute approximate surface area is 161 Å². The minimum absolute atomic E-state index is 0.146. The van der Waals surface area contributed by atoms with E-state index < -0.39 is 5.91 Å². The zero-order valence-corrected chi connectivity index (χ0v) is 15.4. The van der Waals surface area contributed by atoms with Gasteiger partial charge in [0, 0.05) is 17.5 Å². The van der Waals surface area contributed by atoms with Crippen LogP contribution in [0.15, 0.2) is 36.4 Å². The minimum atomic E-state index is -0.645. The molecule has 8 heteroatoms. The van der Waals surface area contributed by atoms with Crippen LogP contribution in [0.1, 0.15) is 28.4 Å². The number of nitrogens with two attached hydrogens (primary N) is 1. The Morgan fingerprint density at radius 1 is 1.33 bits per heavy atom. The fourth-order valence-corrected chi connectivity index (χ4v) is 3.13. The van der Waals surface area contributed by atoms with Crippen LogP contribution in [0.2, 0.25) is 5.02 Å². The first-order chi connectivity index (χ1) is 13.0. The van der Waals surface area contributed by atoms with Crippen LogP contribution >= 0.6 is 11.6 Å². The Morgan fingerprint density at radius 3 is 2.85 bits per heavy atom. The van der Waals surface area contributed by atoms with Crippen molar-refractivity contribution >= 4 is 23.4 Å². The van der Waals surface area contributed by atoms with Crippen LogP contribution < -0.4 is 25.3 Å². The van der Waals surface area contributed by atoms with Gasteiger partial charge >= 0.3 is 0 Å². The van der Waals surface area contributed by atoms with Crippen LogP contribution in [-0.4, -0.2) is 32.1 Å². The van der Waals surface area contributed by atoms with Crippen molar-refractivity contribution in [3.05, 3.63) is 52.5 Å². The SMILES string of the molecule is COc1cc(C(=O)N[C@@H]2CCOc3ccccc32)cc(Cl)c1OCC(N)=O. The number of benzene rings is 2. The lowest BCUT2D eigenvalue weighted by atomic mass is 10.00. The highest BCUT2D eigenvalue weighted by Crippen LogP contribution is 2.37. The van der Waals surface area contributed by atoms with Crippen LogP contribution in [0.3, 0.4) is 0 Å². The highest BCUT2D eigenvalue weighted by atomic mass is 35.5. The first-order valence-corrected chi connectivity index (χ1v) is 8.68. The van der Waals surface area contributed by atoms with Gasteiger partial charge in [0.2, 0.25) is 0 Å². The molecule has 0 bridgehead atoms. The molecule has 1 aliphatic rings. The highest BCUT2D eigenvalue weighted by Gasteiger charge is 2.24. The summed E-state index contributed by atoms with van der Waals surface area (Å²) < 4.78 is 16.1. The standard InChI is InChI=1S/C19H19ClN2O5/c1-25-16-9-11(8-13(20)18(16)27-10-17(21)23)19(24)22-14-6-7-26-15-5-3-2-4-12(14)15/h2-5,8-9,14H,6-7,10H2,1H3,(H2,21,23)(H,22,24)/t14-/m1/s1. The van der Waals surface area contributed by atoms with E-state index in [1.165, 1.54) is 19.2 Å². The van der Waals surface area contributed by atoms with Crippen molar-refractivity contribution in [3.8, 4) is 17.2 Å². The van der Waals surface area contributed by atoms with Gasteiger partial charge in [-0.3, -0.25) is 9.59 Å². The van der Waals surface area contributed by atoms with Gasteiger partial charge in [-0.2, -0.15) is 0 Å². The number of rotatable bonds is 6. The number of ether oxygens (including phenoxy) is 3. The van der Waals surface area contributed by atoms with E-state index in [2.05, 4.69) is 5.32 Å². The van der Waals surface area contributed by atoms with Crippen molar-refractivity contribution < 1.29 is 23.8 Å². The molecule has 1 heterocycles. The average Bonchev–Trinajstić information content (AvgIpc) is 2.66. The van der Waals surface area contributed by atoms with Crippen molar-refractivity contribution in [2.75, 3.05) is 20.3 Å². The molecule has 0 fully saturated rings. The Balaban J connectivity index is 1.81. The second kappa shape index (κ2) is 8.18. The fraction of sp³-hybridized carbons (Fsp3) is 0.263. The van der Waals surface area contributed by atoms with E-state index in [-0.39, 0.29) is 35.1 Å². The minimum Gasteiger partial charge on any atom is -0.493 e. The summed E-state index contributed by atoms with van der Waals surface area (Å²) in [5.41, 5.74) is 6.32. The number of carbonyl (C=O) groups is 2. The molecule has 3 rings (SSSR count). The summed E-state index contributed by atoms with van der Waals surface area (Å²) in [5.74, 6) is 0.207. The molecule has 27 heavy (non-hydrogen) atoms. The molecule has 2 amide bonds. The molecule has 0 unspecified atom stereocenters. The Kier molecular flexibility index (Phi) is 5.71. The molecule has 1 atom stereocenters. The predicted molar refractivity (Wildman–Crippen MR) is 99.5 cm³/mol. The molecule has 2 aromatic rings. The molecule has 0 spiro atoms. The van der Waals surface area contributed by atoms with Gasteiger partial charge in [-0.1, -0.05) is 29.8 Å². The lowest BCUT2D eigenvalue weighted by molar-refractivity contribution is -0.119. The first-order valence-electron chi connectivity index (χ1n) is 8.31. The summed E-state index contributed by atoms with van der Waals surface area (Å²) in [6.07, 6.45) is 0.660. The van der Waals surface area contributed by atoms with Gasteiger partial charge in [0.05, 0.1) is 24.8 Å². The maximum Gasteiger partial charge on any atom is 0.255 e. The maximum absolute atomic E-state index is 12.7. The molecule has 1 aliphatic heterocycles. The number of primary amides is 1. The van der Waals surface area contributed by atoms with Crippen LogP contribution in [0, 0.1) is 0 Å². The number of amides is 2. The van der Waals surface area contributed by atoms with E-state index in [1.807, 2.05) is 24.3 Å². The topological polar surface area (TPSA) is 99.9 Å². The van der Waals surface area contributed by atoms with Gasteiger partial charge in [0.15, 0.2) is 18.1 Å². The van der Waals surface area contributed by atoms with Crippen LogP contribution in [0.25, 0.3) is 0 Å². The number of fused-ring (bicyclic) bond motifs is 1. The number of halogens is 1. The fourth-order valence-electron chi connectivity index (χ4n) is 2.87. The normalized spacial score (nSPS) is 15.3. The third-order valence-electron chi connectivity index (χ3n) is 4.11. The van der Waals surface area contributed by atoms with Gasteiger partial charge in [-0.25, -0.2) is 0 Å². The lowest BCUT2D eigenvalue weighted by Crippen LogP contribution is -2.32. The van der Waals surface area contributed by atoms with Gasteiger partial charge in [0.25, 0.3) is 11.8 Å². The monoisotopic (exact) mass is 390 g/mol. The molecule has 0 saturated carbocycles. The number of carbonyl (C=O) groups excluding carboxylic acids is 2. The van der Waals surface area contributed by atoms with Crippen LogP contribution in [-0.2, 0) is 4.79 Å². The second-order valence-corrected chi connectivity index (χ2v) is 6.35. The maximum atomic E-state index is 12.7. The zero-order valence-electron chi connectivity index (χ0n) is 14.7. The van der Waals surface area contributed by atoms with Crippen molar-refractivity contribution in [3.63, 3.8) is 0 Å². The molecular weight excluding hydrogens is 372 g/mol. The Bertz CT molecular complexity index is 871.